The van der Waals surface area contributed by atoms with E-state index in [-0.39, 0.29) is 29.9 Å². The summed E-state index contributed by atoms with van der Waals surface area (Å²) >= 11 is 0. The van der Waals surface area contributed by atoms with Gasteiger partial charge in [0.25, 0.3) is 0 Å². The third-order valence-corrected chi connectivity index (χ3v) is 3.65. The van der Waals surface area contributed by atoms with Crippen LogP contribution in [0, 0.1) is 11.8 Å². The molecule has 2 aliphatic rings. The Hall–Kier alpha value is -0.870. The number of carbonyl (C=O) groups is 1. The van der Waals surface area contributed by atoms with Crippen molar-refractivity contribution in [3.8, 4) is 0 Å². The highest BCUT2D eigenvalue weighted by atomic mass is 16.3. The summed E-state index contributed by atoms with van der Waals surface area (Å²) < 4.78 is 0. The van der Waals surface area contributed by atoms with Gasteiger partial charge in [0.2, 0.25) is 5.91 Å². The Morgan fingerprint density at radius 3 is 2.81 bits per heavy atom. The van der Waals surface area contributed by atoms with Crippen LogP contribution in [0.15, 0.2) is 12.2 Å². The van der Waals surface area contributed by atoms with Crippen molar-refractivity contribution in [1.82, 2.24) is 4.90 Å². The third kappa shape index (κ3) is 2.28. The zero-order valence-electron chi connectivity index (χ0n) is 9.67. The van der Waals surface area contributed by atoms with Crippen LogP contribution in [0.5, 0.6) is 0 Å². The van der Waals surface area contributed by atoms with Crippen LogP contribution >= 0.6 is 0 Å². The molecule has 1 heterocycles. The van der Waals surface area contributed by atoms with E-state index < -0.39 is 0 Å². The lowest BCUT2D eigenvalue weighted by molar-refractivity contribution is -0.133. The molecule has 0 saturated carbocycles. The molecule has 1 fully saturated rings. The van der Waals surface area contributed by atoms with Crippen molar-refractivity contribution in [1.29, 1.82) is 0 Å². The summed E-state index contributed by atoms with van der Waals surface area (Å²) in [4.78, 5) is 14.0. The van der Waals surface area contributed by atoms with Gasteiger partial charge in [-0.2, -0.15) is 0 Å². The molecule has 0 aromatic heterocycles. The molecule has 4 unspecified atom stereocenters. The fourth-order valence-corrected chi connectivity index (χ4v) is 2.53. The summed E-state index contributed by atoms with van der Waals surface area (Å²) in [6.45, 7) is 3.26. The van der Waals surface area contributed by atoms with E-state index >= 15 is 0 Å². The van der Waals surface area contributed by atoms with Crippen molar-refractivity contribution < 1.29 is 9.90 Å². The minimum absolute atomic E-state index is 0.0316. The number of nitrogens with two attached hydrogens (primary N) is 1. The second-order valence-corrected chi connectivity index (χ2v) is 4.96. The first-order chi connectivity index (χ1) is 7.58. The van der Waals surface area contributed by atoms with Crippen molar-refractivity contribution in [3.63, 3.8) is 0 Å². The first-order valence-electron chi connectivity index (χ1n) is 5.98. The van der Waals surface area contributed by atoms with Crippen molar-refractivity contribution in [2.24, 2.45) is 17.6 Å². The molecule has 1 saturated heterocycles. The van der Waals surface area contributed by atoms with Gasteiger partial charge in [-0.3, -0.25) is 4.79 Å². The molecule has 0 spiro atoms. The second-order valence-electron chi connectivity index (χ2n) is 4.96. The van der Waals surface area contributed by atoms with Gasteiger partial charge in [0.05, 0.1) is 12.0 Å². The molecule has 16 heavy (non-hydrogen) atoms. The smallest absolute Gasteiger partial charge is 0.229 e. The lowest BCUT2D eigenvalue weighted by Gasteiger charge is -2.20. The molecule has 2 rings (SSSR count). The van der Waals surface area contributed by atoms with Crippen molar-refractivity contribution in [2.45, 2.75) is 31.9 Å². The topological polar surface area (TPSA) is 66.6 Å². The van der Waals surface area contributed by atoms with Gasteiger partial charge in [-0.1, -0.05) is 12.2 Å². The van der Waals surface area contributed by atoms with Crippen LogP contribution in [0.1, 0.15) is 19.8 Å². The minimum atomic E-state index is -0.320. The van der Waals surface area contributed by atoms with Crippen molar-refractivity contribution in [2.75, 3.05) is 13.1 Å². The molecule has 1 aliphatic carbocycles. The number of rotatable bonds is 2. The Kier molecular flexibility index (Phi) is 3.30. The molecule has 0 aromatic carbocycles. The molecule has 0 bridgehead atoms. The summed E-state index contributed by atoms with van der Waals surface area (Å²) in [6.07, 6.45) is 5.15. The number of hydrogen-bond acceptors (Lipinski definition) is 3. The Bertz CT molecular complexity index is 301. The highest BCUT2D eigenvalue weighted by molar-refractivity contribution is 5.81. The molecular formula is C12H20N2O2. The number of amides is 1. The van der Waals surface area contributed by atoms with E-state index in [4.69, 9.17) is 5.73 Å². The lowest BCUT2D eigenvalue weighted by atomic mass is 10.0. The Balaban J connectivity index is 1.90. The van der Waals surface area contributed by atoms with E-state index in [2.05, 4.69) is 0 Å². The number of aliphatic hydroxyl groups is 1. The van der Waals surface area contributed by atoms with E-state index in [0.717, 1.165) is 19.4 Å². The summed E-state index contributed by atoms with van der Waals surface area (Å²) in [5.41, 5.74) is 5.74. The standard InChI is InChI=1S/C12H20N2O2/c1-8(15)10-4-5-14(7-10)12(16)9-2-3-11(13)6-9/h2-3,8-11,15H,4-7,13H2,1H3. The van der Waals surface area contributed by atoms with Gasteiger partial charge in [-0.05, 0) is 19.8 Å². The maximum absolute atomic E-state index is 12.1. The largest absolute Gasteiger partial charge is 0.393 e. The average molecular weight is 224 g/mol. The van der Waals surface area contributed by atoms with Crippen LogP contribution in [-0.2, 0) is 4.79 Å². The fourth-order valence-electron chi connectivity index (χ4n) is 2.53. The molecule has 1 amide bonds. The fraction of sp³-hybridized carbons (Fsp3) is 0.750. The second kappa shape index (κ2) is 4.55. The predicted octanol–water partition coefficient (Wildman–Crippen LogP) is 0.119. The molecule has 4 atom stereocenters. The quantitative estimate of drug-likeness (QED) is 0.655. The Labute approximate surface area is 96.1 Å². The molecule has 4 heteroatoms. The average Bonchev–Trinajstić information content (AvgIpc) is 2.84. The van der Waals surface area contributed by atoms with Gasteiger partial charge < -0.3 is 15.7 Å². The Morgan fingerprint density at radius 1 is 1.56 bits per heavy atom. The highest BCUT2D eigenvalue weighted by Crippen LogP contribution is 2.25. The van der Waals surface area contributed by atoms with E-state index in [1.54, 1.807) is 6.92 Å². The van der Waals surface area contributed by atoms with Crippen LogP contribution in [-0.4, -0.2) is 41.1 Å². The van der Waals surface area contributed by atoms with E-state index in [1.165, 1.54) is 0 Å². The maximum Gasteiger partial charge on any atom is 0.229 e. The zero-order valence-corrected chi connectivity index (χ0v) is 9.67. The predicted molar refractivity (Wildman–Crippen MR) is 61.6 cm³/mol. The molecule has 90 valence electrons. The Morgan fingerprint density at radius 2 is 2.31 bits per heavy atom. The molecule has 3 N–H and O–H groups in total. The maximum atomic E-state index is 12.1. The van der Waals surface area contributed by atoms with Crippen molar-refractivity contribution >= 4 is 5.91 Å². The number of carbonyl (C=O) groups excluding carboxylic acids is 1. The number of nitrogens with zero attached hydrogens (tertiary/aromatic N) is 1. The van der Waals surface area contributed by atoms with Crippen LogP contribution in [0.25, 0.3) is 0 Å². The highest BCUT2D eigenvalue weighted by Gasteiger charge is 2.33. The normalized spacial score (nSPS) is 35.7. The third-order valence-electron chi connectivity index (χ3n) is 3.65. The molecule has 1 aliphatic heterocycles. The van der Waals surface area contributed by atoms with Gasteiger partial charge in [0.15, 0.2) is 0 Å². The number of likely N-dealkylation sites (tertiary alicyclic amines) is 1. The summed E-state index contributed by atoms with van der Waals surface area (Å²) in [5.74, 6) is 0.373. The van der Waals surface area contributed by atoms with E-state index in [0.29, 0.717) is 6.54 Å². The van der Waals surface area contributed by atoms with Crippen LogP contribution in [0.2, 0.25) is 0 Å². The zero-order chi connectivity index (χ0) is 11.7. The number of aliphatic hydroxyl groups excluding tert-OH is 1. The van der Waals surface area contributed by atoms with Crippen LogP contribution in [0.4, 0.5) is 0 Å². The van der Waals surface area contributed by atoms with Crippen LogP contribution in [0.3, 0.4) is 0 Å². The van der Waals surface area contributed by atoms with E-state index in [1.807, 2.05) is 17.1 Å². The van der Waals surface area contributed by atoms with Gasteiger partial charge in [0, 0.05) is 25.0 Å². The molecule has 4 nitrogen and oxygen atoms in total. The first kappa shape index (κ1) is 11.6. The van der Waals surface area contributed by atoms with E-state index in [9.17, 15) is 9.90 Å². The lowest BCUT2D eigenvalue weighted by Crippen LogP contribution is -2.35. The minimum Gasteiger partial charge on any atom is -0.393 e. The summed E-state index contributed by atoms with van der Waals surface area (Å²) in [5, 5.41) is 9.49. The van der Waals surface area contributed by atoms with Gasteiger partial charge >= 0.3 is 0 Å². The number of hydrogen-bond donors (Lipinski definition) is 2. The summed E-state index contributed by atoms with van der Waals surface area (Å²) in [7, 11) is 0. The molecular weight excluding hydrogens is 204 g/mol. The first-order valence-corrected chi connectivity index (χ1v) is 5.98. The SMILES string of the molecule is CC(O)C1CCN(C(=O)C2C=CC(N)C2)C1. The molecule has 0 radical (unpaired) electrons. The van der Waals surface area contributed by atoms with Crippen molar-refractivity contribution in [3.05, 3.63) is 12.2 Å². The van der Waals surface area contributed by atoms with Crippen LogP contribution < -0.4 is 5.73 Å². The summed E-state index contributed by atoms with van der Waals surface area (Å²) in [6, 6.07) is 0.0316. The van der Waals surface area contributed by atoms with Gasteiger partial charge in [0.1, 0.15) is 0 Å². The van der Waals surface area contributed by atoms with Gasteiger partial charge in [-0.15, -0.1) is 0 Å². The van der Waals surface area contributed by atoms with Gasteiger partial charge in [-0.25, -0.2) is 0 Å². The molecule has 0 aromatic rings. The monoisotopic (exact) mass is 224 g/mol.